The molecule has 10 nitrogen and oxygen atoms in total. The minimum atomic E-state index is -0.892. The van der Waals surface area contributed by atoms with Crippen molar-refractivity contribution in [2.75, 3.05) is 24.7 Å². The number of carboxylic acids is 1. The number of carboxylic acid groups (broad SMARTS) is 1. The Morgan fingerprint density at radius 1 is 1.50 bits per heavy atom. The molecule has 0 aliphatic carbocycles. The van der Waals surface area contributed by atoms with Crippen molar-refractivity contribution >= 4 is 12.1 Å². The fraction of sp³-hybridized carbons (Fsp3) is 0.800. The summed E-state index contributed by atoms with van der Waals surface area (Å²) in [4.78, 5) is 28.3. The van der Waals surface area contributed by atoms with E-state index in [1.165, 1.54) is 11.9 Å². The van der Waals surface area contributed by atoms with Crippen molar-refractivity contribution in [1.82, 2.24) is 9.98 Å². The van der Waals surface area contributed by atoms with Gasteiger partial charge in [-0.25, -0.2) is 4.79 Å². The van der Waals surface area contributed by atoms with Crippen LogP contribution < -0.4 is 9.85 Å². The van der Waals surface area contributed by atoms with E-state index in [0.29, 0.717) is 19.5 Å². The number of carbonyl (C=O) groups excluding carboxylic acids is 1. The number of hydrogen-bond acceptors (Lipinski definition) is 7. The van der Waals surface area contributed by atoms with Gasteiger partial charge in [-0.1, -0.05) is 0 Å². The van der Waals surface area contributed by atoms with Crippen LogP contribution in [0.15, 0.2) is 4.63 Å². The van der Waals surface area contributed by atoms with Gasteiger partial charge < -0.3 is 19.4 Å². The summed E-state index contributed by atoms with van der Waals surface area (Å²) in [6, 6.07) is 0. The van der Waals surface area contributed by atoms with Crippen LogP contribution in [0.1, 0.15) is 20.3 Å². The molecule has 1 aromatic heterocycles. The zero-order chi connectivity index (χ0) is 14.7. The number of hydrogen-bond donors (Lipinski definition) is 1. The molecule has 0 amide bonds. The van der Waals surface area contributed by atoms with E-state index in [0.717, 1.165) is 5.02 Å². The molecule has 0 bridgehead atoms. The quantitative estimate of drug-likeness (QED) is 0.570. The smallest absolute Gasteiger partial charge is 0.481 e. The Labute approximate surface area is 114 Å². The Bertz CT molecular complexity index is 462. The van der Waals surface area contributed by atoms with E-state index >= 15 is 0 Å². The Hall–Kier alpha value is -2.26. The third kappa shape index (κ3) is 3.39. The molecule has 114 valence electrons. The van der Waals surface area contributed by atoms with Gasteiger partial charge in [0.05, 0.1) is 19.1 Å². The summed E-state index contributed by atoms with van der Waals surface area (Å²) in [5, 5.41) is 11.6. The monoisotopic (exact) mass is 291 g/mol. The summed E-state index contributed by atoms with van der Waals surface area (Å²) in [5.74, 6) is -1.25. The molecule has 10 heteroatoms. The first-order valence-corrected chi connectivity index (χ1v) is 6.27. The minimum Gasteiger partial charge on any atom is -0.481 e. The fourth-order valence-electron chi connectivity index (χ4n) is 1.80. The van der Waals surface area contributed by atoms with Gasteiger partial charge in [0.2, 0.25) is 0 Å². The second-order valence-corrected chi connectivity index (χ2v) is 4.28. The van der Waals surface area contributed by atoms with Gasteiger partial charge in [-0.3, -0.25) is 9.80 Å². The second-order valence-electron chi connectivity index (χ2n) is 4.28. The summed E-state index contributed by atoms with van der Waals surface area (Å²) in [7, 11) is 0. The molecule has 0 aromatic carbocycles. The lowest BCUT2D eigenvalue weighted by atomic mass is 10.1. The normalized spacial score (nSPS) is 19.9. The third-order valence-corrected chi connectivity index (χ3v) is 2.78. The Kier molecular flexibility index (Phi) is 4.11. The van der Waals surface area contributed by atoms with Crippen LogP contribution in [0.4, 0.5) is 4.79 Å². The number of ether oxygens (including phenoxy) is 2. The number of nitrogens with zero attached hydrogens (tertiary/aromatic N) is 3. The Balaban J connectivity index is 1.75. The molecule has 20 heavy (non-hydrogen) atoms. The third-order valence-electron chi connectivity index (χ3n) is 2.78. The molecular weight excluding hydrogens is 274 g/mol. The summed E-state index contributed by atoms with van der Waals surface area (Å²) in [6.45, 7) is 4.25. The highest BCUT2D eigenvalue weighted by Crippen LogP contribution is 2.16. The molecule has 1 N–H and O–H groups in total. The van der Waals surface area contributed by atoms with E-state index in [-0.39, 0.29) is 6.61 Å². The first-order chi connectivity index (χ1) is 9.51. The van der Waals surface area contributed by atoms with Crippen LogP contribution in [0.2, 0.25) is 0 Å². The maximum atomic E-state index is 11.0. The molecule has 0 spiro atoms. The first-order valence-electron chi connectivity index (χ1n) is 6.27. The van der Waals surface area contributed by atoms with Gasteiger partial charge in [-0.05, 0) is 13.3 Å². The van der Waals surface area contributed by atoms with Crippen molar-refractivity contribution in [2.24, 2.45) is 5.92 Å². The summed E-state index contributed by atoms with van der Waals surface area (Å²) < 4.78 is 14.3. The van der Waals surface area contributed by atoms with Crippen LogP contribution in [-0.2, 0) is 14.3 Å². The lowest BCUT2D eigenvalue weighted by molar-refractivity contribution is -0.141. The maximum absolute atomic E-state index is 11.0. The molecule has 2 heterocycles. The van der Waals surface area contributed by atoms with Gasteiger partial charge >= 0.3 is 12.1 Å². The van der Waals surface area contributed by atoms with E-state index in [2.05, 4.69) is 4.74 Å². The average molecular weight is 291 g/mol. The second kappa shape index (κ2) is 5.80. The van der Waals surface area contributed by atoms with E-state index in [1.54, 1.807) is 11.9 Å². The molecular formula is C10H17N3O7. The van der Waals surface area contributed by atoms with Gasteiger partial charge in [-0.15, -0.1) is 0 Å². The first kappa shape index (κ1) is 14.2. The van der Waals surface area contributed by atoms with Crippen LogP contribution in [0.5, 0.6) is 0 Å². The number of rotatable bonds is 6. The molecule has 1 aromatic rings. The van der Waals surface area contributed by atoms with Gasteiger partial charge in [0.15, 0.2) is 0 Å². The predicted octanol–water partition coefficient (Wildman–Crippen LogP) is -0.127. The van der Waals surface area contributed by atoms with Crippen LogP contribution in [0.25, 0.3) is 0 Å². The molecule has 1 aliphatic heterocycles. The number of aromatic nitrogens is 2. The highest BCUT2D eigenvalue weighted by molar-refractivity contribution is 5.71. The Morgan fingerprint density at radius 3 is 2.85 bits per heavy atom. The molecule has 0 saturated carbocycles. The molecule has 0 radical (unpaired) electrons. The zero-order valence-electron chi connectivity index (χ0n) is 11.2. The lowest BCUT2D eigenvalue weighted by Gasteiger charge is -2.11. The summed E-state index contributed by atoms with van der Waals surface area (Å²) in [5.41, 5.74) is 0. The molecule has 1 aliphatic rings. The molecule has 2 atom stereocenters. The Morgan fingerprint density at radius 2 is 2.25 bits per heavy atom. The molecule has 1 saturated heterocycles. The van der Waals surface area contributed by atoms with E-state index in [1.807, 2.05) is 0 Å². The topological polar surface area (TPSA) is 108 Å². The fourth-order valence-corrected chi connectivity index (χ4v) is 1.80. The predicted molar refractivity (Wildman–Crippen MR) is 62.5 cm³/mol. The largest absolute Gasteiger partial charge is 0.511 e. The molecule has 1 fully saturated rings. The van der Waals surface area contributed by atoms with Crippen LogP contribution in [0, 0.1) is 5.92 Å². The van der Waals surface area contributed by atoms with Crippen LogP contribution in [0.3, 0.4) is 0 Å². The van der Waals surface area contributed by atoms with Gasteiger partial charge in [0.25, 0.3) is 6.29 Å². The standard InChI is InChI=1S/C10H17N3O7/c1-3-17-10(16)18-7(2)19-13-12(20-13)11-5-4-8(6-11)9(14)15/h7-8H,3-6H2,1-2H3,(H,14,15). The van der Waals surface area contributed by atoms with Crippen molar-refractivity contribution in [3.8, 4) is 0 Å². The van der Waals surface area contributed by atoms with Crippen molar-refractivity contribution in [2.45, 2.75) is 26.6 Å². The van der Waals surface area contributed by atoms with E-state index < -0.39 is 24.3 Å². The zero-order valence-corrected chi connectivity index (χ0v) is 11.2. The van der Waals surface area contributed by atoms with Gasteiger partial charge in [-0.2, -0.15) is 4.63 Å². The van der Waals surface area contributed by atoms with Crippen LogP contribution >= 0.6 is 0 Å². The minimum absolute atomic E-state index is 0.211. The van der Waals surface area contributed by atoms with E-state index in [4.69, 9.17) is 19.3 Å². The van der Waals surface area contributed by atoms with Gasteiger partial charge in [0.1, 0.15) is 5.02 Å². The number of carbonyl (C=O) groups is 2. The molecule has 2 unspecified atom stereocenters. The average Bonchev–Trinajstić information content (AvgIpc) is 2.93. The van der Waals surface area contributed by atoms with Crippen molar-refractivity contribution in [3.05, 3.63) is 0 Å². The van der Waals surface area contributed by atoms with Gasteiger partial charge in [0, 0.05) is 18.4 Å². The van der Waals surface area contributed by atoms with E-state index in [9.17, 15) is 9.59 Å². The van der Waals surface area contributed by atoms with Crippen LogP contribution in [-0.4, -0.2) is 53.2 Å². The van der Waals surface area contributed by atoms with Crippen molar-refractivity contribution in [1.29, 1.82) is 0 Å². The lowest BCUT2D eigenvalue weighted by Crippen LogP contribution is -2.34. The SMILES string of the molecule is CCOC(=O)OC(C)On1on1N1CCC(C(=O)O)C1. The highest BCUT2D eigenvalue weighted by atomic mass is 17.0. The molecule has 2 rings (SSSR count). The van der Waals surface area contributed by atoms with Crippen molar-refractivity contribution < 1.29 is 33.6 Å². The maximum Gasteiger partial charge on any atom is 0.511 e. The summed E-state index contributed by atoms with van der Waals surface area (Å²) >= 11 is 0. The highest BCUT2D eigenvalue weighted by Gasteiger charge is 2.34. The number of aliphatic carboxylic acids is 1. The van der Waals surface area contributed by atoms with Crippen molar-refractivity contribution in [3.63, 3.8) is 0 Å². The summed E-state index contributed by atoms with van der Waals surface area (Å²) in [6.07, 6.45) is -1.18.